The molecule has 1 rings (SSSR count). The maximum absolute atomic E-state index is 13.2. The fourth-order valence-electron chi connectivity index (χ4n) is 1.83. The first-order chi connectivity index (χ1) is 11.3. The topological polar surface area (TPSA) is 70.6 Å². The third kappa shape index (κ3) is 7.31. The van der Waals surface area contributed by atoms with Crippen LogP contribution in [0.5, 0.6) is 0 Å². The molecule has 0 spiro atoms. The molecule has 0 heterocycles. The number of nitrogens with one attached hydrogen (secondary N) is 1. The second-order valence-electron chi connectivity index (χ2n) is 5.88. The van der Waals surface area contributed by atoms with Crippen LogP contribution in [0.4, 0.5) is 14.5 Å². The standard InChI is InChI=1S/C17H25F2N3OS/c1-4-5-21-11-22-14-7-12(6-13(8-14)16(18)19)15(9-20)24-10-17(2,3)23/h5-9,16,22-23H,4,10-11,20H2,1-3H3/b15-9-,21-5-. The summed E-state index contributed by atoms with van der Waals surface area (Å²) < 4.78 is 26.3. The minimum atomic E-state index is -2.58. The SMILES string of the molecule is CC/C=N\CNc1cc(/C(=C/N)SCC(C)(C)O)cc(C(F)F)c1. The van der Waals surface area contributed by atoms with Crippen molar-refractivity contribution in [1.29, 1.82) is 0 Å². The molecule has 0 aromatic heterocycles. The predicted octanol–water partition coefficient (Wildman–Crippen LogP) is 4.24. The Morgan fingerprint density at radius 1 is 1.42 bits per heavy atom. The number of nitrogens with two attached hydrogens (primary N) is 1. The van der Waals surface area contributed by atoms with Crippen LogP contribution in [0.2, 0.25) is 0 Å². The normalized spacial score (nSPS) is 13.0. The fourth-order valence-corrected chi connectivity index (χ4v) is 2.72. The van der Waals surface area contributed by atoms with E-state index >= 15 is 0 Å². The van der Waals surface area contributed by atoms with Crippen molar-refractivity contribution in [3.8, 4) is 0 Å². The molecule has 0 radical (unpaired) electrons. The Balaban J connectivity index is 3.02. The first kappa shape index (κ1) is 20.4. The largest absolute Gasteiger partial charge is 0.404 e. The quantitative estimate of drug-likeness (QED) is 0.578. The van der Waals surface area contributed by atoms with Gasteiger partial charge in [-0.1, -0.05) is 6.92 Å². The van der Waals surface area contributed by atoms with E-state index in [1.165, 1.54) is 30.1 Å². The lowest BCUT2D eigenvalue weighted by Crippen LogP contribution is -2.21. The average molecular weight is 357 g/mol. The number of nitrogens with zero attached hydrogens (tertiary/aromatic N) is 1. The van der Waals surface area contributed by atoms with E-state index in [0.29, 0.717) is 28.6 Å². The van der Waals surface area contributed by atoms with E-state index in [2.05, 4.69) is 10.3 Å². The maximum atomic E-state index is 13.2. The van der Waals surface area contributed by atoms with Crippen molar-refractivity contribution >= 4 is 28.6 Å². The van der Waals surface area contributed by atoms with Gasteiger partial charge in [0.25, 0.3) is 6.43 Å². The van der Waals surface area contributed by atoms with Gasteiger partial charge in [0.15, 0.2) is 0 Å². The van der Waals surface area contributed by atoms with E-state index in [1.54, 1.807) is 26.1 Å². The second kappa shape index (κ2) is 9.64. The summed E-state index contributed by atoms with van der Waals surface area (Å²) in [6.45, 7) is 5.65. The Bertz CT molecular complexity index is 584. The van der Waals surface area contributed by atoms with Crippen molar-refractivity contribution in [1.82, 2.24) is 0 Å². The molecular formula is C17H25F2N3OS. The molecule has 0 fully saturated rings. The molecular weight excluding hydrogens is 332 g/mol. The molecule has 0 saturated heterocycles. The van der Waals surface area contributed by atoms with Crippen molar-refractivity contribution in [2.45, 2.75) is 39.2 Å². The van der Waals surface area contributed by atoms with Crippen molar-refractivity contribution < 1.29 is 13.9 Å². The van der Waals surface area contributed by atoms with Crippen LogP contribution < -0.4 is 11.1 Å². The van der Waals surface area contributed by atoms with Gasteiger partial charge in [0.05, 0.1) is 5.60 Å². The van der Waals surface area contributed by atoms with Crippen LogP contribution in [0.3, 0.4) is 0 Å². The number of anilines is 1. The summed E-state index contributed by atoms with van der Waals surface area (Å²) in [6, 6.07) is 4.58. The molecule has 0 aliphatic rings. The van der Waals surface area contributed by atoms with Crippen molar-refractivity contribution in [3.05, 3.63) is 35.5 Å². The number of halogens is 2. The van der Waals surface area contributed by atoms with E-state index in [1.807, 2.05) is 6.92 Å². The Morgan fingerprint density at radius 2 is 2.12 bits per heavy atom. The number of thioether (sulfide) groups is 1. The molecule has 4 nitrogen and oxygen atoms in total. The highest BCUT2D eigenvalue weighted by atomic mass is 32.2. The van der Waals surface area contributed by atoms with Gasteiger partial charge in [0.1, 0.15) is 6.67 Å². The van der Waals surface area contributed by atoms with Gasteiger partial charge in [-0.25, -0.2) is 8.78 Å². The molecule has 4 N–H and O–H groups in total. The van der Waals surface area contributed by atoms with Crippen LogP contribution in [0, 0.1) is 0 Å². The van der Waals surface area contributed by atoms with Crippen molar-refractivity contribution in [2.75, 3.05) is 17.7 Å². The van der Waals surface area contributed by atoms with Crippen molar-refractivity contribution in [2.24, 2.45) is 10.7 Å². The first-order valence-corrected chi connectivity index (χ1v) is 8.68. The van der Waals surface area contributed by atoms with Gasteiger partial charge in [-0.15, -0.1) is 11.8 Å². The number of hydrogen-bond acceptors (Lipinski definition) is 5. The molecule has 0 amide bonds. The minimum Gasteiger partial charge on any atom is -0.404 e. The van der Waals surface area contributed by atoms with Crippen molar-refractivity contribution in [3.63, 3.8) is 0 Å². The van der Waals surface area contributed by atoms with Gasteiger partial charge in [-0.3, -0.25) is 4.99 Å². The maximum Gasteiger partial charge on any atom is 0.263 e. The number of benzene rings is 1. The fraction of sp³-hybridized carbons (Fsp3) is 0.471. The van der Waals surface area contributed by atoms with Gasteiger partial charge in [0, 0.05) is 34.3 Å². The zero-order valence-electron chi connectivity index (χ0n) is 14.2. The van der Waals surface area contributed by atoms with Crippen LogP contribution in [0.15, 0.2) is 29.4 Å². The van der Waals surface area contributed by atoms with Gasteiger partial charge < -0.3 is 16.2 Å². The second-order valence-corrected chi connectivity index (χ2v) is 6.90. The summed E-state index contributed by atoms with van der Waals surface area (Å²) >= 11 is 1.33. The highest BCUT2D eigenvalue weighted by Crippen LogP contribution is 2.33. The summed E-state index contributed by atoms with van der Waals surface area (Å²) in [6.07, 6.45) is 1.37. The molecule has 7 heteroatoms. The van der Waals surface area contributed by atoms with E-state index in [0.717, 1.165) is 6.42 Å². The molecule has 134 valence electrons. The highest BCUT2D eigenvalue weighted by molar-refractivity contribution is 8.08. The molecule has 0 aliphatic heterocycles. The Kier molecular flexibility index (Phi) is 8.21. The van der Waals surface area contributed by atoms with Crippen LogP contribution in [-0.2, 0) is 0 Å². The molecule has 0 aliphatic carbocycles. The average Bonchev–Trinajstić information content (AvgIpc) is 2.51. The van der Waals surface area contributed by atoms with Gasteiger partial charge in [-0.2, -0.15) is 0 Å². The van der Waals surface area contributed by atoms with E-state index in [-0.39, 0.29) is 5.56 Å². The molecule has 1 aromatic rings. The zero-order chi connectivity index (χ0) is 18.2. The molecule has 0 bridgehead atoms. The highest BCUT2D eigenvalue weighted by Gasteiger charge is 2.16. The molecule has 0 atom stereocenters. The lowest BCUT2D eigenvalue weighted by atomic mass is 10.1. The third-order valence-corrected chi connectivity index (χ3v) is 4.44. The Hall–Kier alpha value is -1.60. The molecule has 0 saturated carbocycles. The summed E-state index contributed by atoms with van der Waals surface area (Å²) in [5, 5.41) is 12.8. The monoisotopic (exact) mass is 357 g/mol. The number of alkyl halides is 2. The predicted molar refractivity (Wildman–Crippen MR) is 99.6 cm³/mol. The third-order valence-electron chi connectivity index (χ3n) is 2.91. The summed E-state index contributed by atoms with van der Waals surface area (Å²) in [7, 11) is 0. The van der Waals surface area contributed by atoms with Crippen LogP contribution in [0.25, 0.3) is 4.91 Å². The van der Waals surface area contributed by atoms with E-state index in [9.17, 15) is 13.9 Å². The summed E-state index contributed by atoms with van der Waals surface area (Å²) in [4.78, 5) is 4.76. The smallest absolute Gasteiger partial charge is 0.263 e. The minimum absolute atomic E-state index is 0.0855. The zero-order valence-corrected chi connectivity index (χ0v) is 15.0. The van der Waals surface area contributed by atoms with Gasteiger partial charge in [-0.05, 0) is 44.0 Å². The number of hydrogen-bond donors (Lipinski definition) is 3. The lowest BCUT2D eigenvalue weighted by molar-refractivity contribution is 0.107. The van der Waals surface area contributed by atoms with Crippen LogP contribution >= 0.6 is 11.8 Å². The number of aliphatic hydroxyl groups is 1. The van der Waals surface area contributed by atoms with E-state index < -0.39 is 12.0 Å². The molecule has 24 heavy (non-hydrogen) atoms. The van der Waals surface area contributed by atoms with Gasteiger partial charge in [0.2, 0.25) is 0 Å². The van der Waals surface area contributed by atoms with E-state index in [4.69, 9.17) is 5.73 Å². The number of rotatable bonds is 9. The number of aliphatic imine (C=N–C) groups is 1. The van der Waals surface area contributed by atoms with Gasteiger partial charge >= 0.3 is 0 Å². The van der Waals surface area contributed by atoms with Crippen LogP contribution in [-0.4, -0.2) is 29.3 Å². The Morgan fingerprint density at radius 3 is 2.67 bits per heavy atom. The molecule has 1 aromatic carbocycles. The Labute approximate surface area is 146 Å². The molecule has 0 unspecified atom stereocenters. The van der Waals surface area contributed by atoms with Crippen LogP contribution in [0.1, 0.15) is 44.7 Å². The summed E-state index contributed by atoms with van der Waals surface area (Å²) in [5.74, 6) is 0.401. The lowest BCUT2D eigenvalue weighted by Gasteiger charge is -2.18. The first-order valence-electron chi connectivity index (χ1n) is 7.69. The summed E-state index contributed by atoms with van der Waals surface area (Å²) in [5.41, 5.74) is 5.83.